The van der Waals surface area contributed by atoms with Gasteiger partial charge in [0.15, 0.2) is 0 Å². The van der Waals surface area contributed by atoms with E-state index in [1.807, 2.05) is 32.0 Å². The van der Waals surface area contributed by atoms with Crippen molar-refractivity contribution in [3.63, 3.8) is 0 Å². The van der Waals surface area contributed by atoms with E-state index in [4.69, 9.17) is 4.74 Å². The minimum absolute atomic E-state index is 0.130. The number of carbonyl (C=O) groups excluding carboxylic acids is 1. The first-order valence-corrected chi connectivity index (χ1v) is 14.0. The van der Waals surface area contributed by atoms with Gasteiger partial charge in [-0.3, -0.25) is 9.69 Å². The third kappa shape index (κ3) is 6.30. The fraction of sp³-hybridized carbons (Fsp3) is 0.519. The number of nitrogens with one attached hydrogen (secondary N) is 1. The summed E-state index contributed by atoms with van der Waals surface area (Å²) in [5, 5.41) is 2.99. The molecule has 0 bridgehead atoms. The number of piperidine rings is 1. The minimum Gasteiger partial charge on any atom is -0.373 e. The average Bonchev–Trinajstić information content (AvgIpc) is 2.84. The number of nitrogens with zero attached hydrogens (tertiary/aromatic N) is 2. The molecular formula is C27H37N3O4S. The fourth-order valence-electron chi connectivity index (χ4n) is 5.05. The molecule has 2 aromatic rings. The van der Waals surface area contributed by atoms with Crippen LogP contribution >= 0.6 is 0 Å². The zero-order chi connectivity index (χ0) is 25.0. The number of benzene rings is 2. The van der Waals surface area contributed by atoms with Gasteiger partial charge in [0.2, 0.25) is 10.0 Å². The molecule has 190 valence electrons. The minimum atomic E-state index is -3.71. The highest BCUT2D eigenvalue weighted by Gasteiger charge is 2.32. The van der Waals surface area contributed by atoms with Crippen LogP contribution in [0.2, 0.25) is 0 Å². The van der Waals surface area contributed by atoms with Crippen molar-refractivity contribution in [2.75, 3.05) is 19.6 Å². The number of sulfonamides is 1. The van der Waals surface area contributed by atoms with Crippen molar-refractivity contribution < 1.29 is 17.9 Å². The number of carbonyl (C=O) groups is 1. The number of hydrogen-bond donors (Lipinski definition) is 1. The van der Waals surface area contributed by atoms with E-state index in [0.717, 1.165) is 18.7 Å². The number of rotatable bonds is 7. The number of likely N-dealkylation sites (tertiary alicyclic amines) is 1. The van der Waals surface area contributed by atoms with Gasteiger partial charge in [-0.05, 0) is 69.5 Å². The van der Waals surface area contributed by atoms with Gasteiger partial charge in [-0.15, -0.1) is 0 Å². The molecule has 0 spiro atoms. The van der Waals surface area contributed by atoms with Gasteiger partial charge in [0, 0.05) is 37.8 Å². The fourth-order valence-corrected chi connectivity index (χ4v) is 6.68. The van der Waals surface area contributed by atoms with E-state index in [1.165, 1.54) is 35.2 Å². The quantitative estimate of drug-likeness (QED) is 0.627. The Bertz CT molecular complexity index is 1130. The lowest BCUT2D eigenvalue weighted by molar-refractivity contribution is -0.0440. The lowest BCUT2D eigenvalue weighted by Crippen LogP contribution is -2.48. The summed E-state index contributed by atoms with van der Waals surface area (Å²) in [5.41, 5.74) is 2.63. The summed E-state index contributed by atoms with van der Waals surface area (Å²) in [5.74, 6) is -0.285. The SMILES string of the molecule is C[C@@H]1CN(S(=O)(=O)c2cccc(C(=O)NCc3ccccc3CN3CCCC[C@H]3C)c2)C[C@H](C)O1. The Balaban J connectivity index is 1.44. The maximum atomic E-state index is 13.2. The van der Waals surface area contributed by atoms with E-state index in [0.29, 0.717) is 31.2 Å². The standard InChI is InChI=1S/C27H37N3O4S/c1-20-9-6-7-14-29(20)19-25-11-5-4-10-24(25)16-28-27(31)23-12-8-13-26(15-23)35(32,33)30-17-21(2)34-22(3)18-30/h4-5,8,10-13,15,20-22H,6-7,9,14,16-19H2,1-3H3,(H,28,31)/t20-,21-,22+/m1/s1. The Morgan fingerprint density at radius 1 is 1.00 bits per heavy atom. The molecule has 2 aliphatic rings. The lowest BCUT2D eigenvalue weighted by atomic mass is 10.0. The molecular weight excluding hydrogens is 462 g/mol. The van der Waals surface area contributed by atoms with Crippen molar-refractivity contribution in [3.8, 4) is 0 Å². The van der Waals surface area contributed by atoms with Crippen LogP contribution in [0.5, 0.6) is 0 Å². The Morgan fingerprint density at radius 2 is 1.71 bits per heavy atom. The van der Waals surface area contributed by atoms with Gasteiger partial charge in [0.25, 0.3) is 5.91 Å². The van der Waals surface area contributed by atoms with E-state index >= 15 is 0 Å². The van der Waals surface area contributed by atoms with Gasteiger partial charge in [0.05, 0.1) is 17.1 Å². The molecule has 2 saturated heterocycles. The van der Waals surface area contributed by atoms with Crippen molar-refractivity contribution in [1.82, 2.24) is 14.5 Å². The second-order valence-corrected chi connectivity index (χ2v) is 11.8. The average molecular weight is 500 g/mol. The van der Waals surface area contributed by atoms with Crippen molar-refractivity contribution in [2.45, 2.75) is 76.3 Å². The Morgan fingerprint density at radius 3 is 2.43 bits per heavy atom. The van der Waals surface area contributed by atoms with Crippen LogP contribution in [-0.4, -0.2) is 61.4 Å². The van der Waals surface area contributed by atoms with Gasteiger partial charge < -0.3 is 10.1 Å². The smallest absolute Gasteiger partial charge is 0.251 e. The van der Waals surface area contributed by atoms with Crippen LogP contribution in [-0.2, 0) is 27.8 Å². The number of amides is 1. The maximum absolute atomic E-state index is 13.2. The van der Waals surface area contributed by atoms with E-state index in [1.54, 1.807) is 18.2 Å². The van der Waals surface area contributed by atoms with E-state index < -0.39 is 10.0 Å². The van der Waals surface area contributed by atoms with Crippen molar-refractivity contribution in [3.05, 3.63) is 65.2 Å². The molecule has 35 heavy (non-hydrogen) atoms. The van der Waals surface area contributed by atoms with Gasteiger partial charge in [-0.2, -0.15) is 4.31 Å². The van der Waals surface area contributed by atoms with E-state index in [9.17, 15) is 13.2 Å². The first kappa shape index (κ1) is 25.8. The van der Waals surface area contributed by atoms with Crippen LogP contribution in [0.4, 0.5) is 0 Å². The van der Waals surface area contributed by atoms with Crippen LogP contribution in [0.15, 0.2) is 53.4 Å². The zero-order valence-corrected chi connectivity index (χ0v) is 21.8. The van der Waals surface area contributed by atoms with E-state index in [2.05, 4.69) is 23.2 Å². The van der Waals surface area contributed by atoms with Gasteiger partial charge >= 0.3 is 0 Å². The highest BCUT2D eigenvalue weighted by Crippen LogP contribution is 2.23. The van der Waals surface area contributed by atoms with Crippen LogP contribution in [0, 0.1) is 0 Å². The predicted octanol–water partition coefficient (Wildman–Crippen LogP) is 3.79. The molecule has 0 saturated carbocycles. The normalized spacial score (nSPS) is 24.3. The highest BCUT2D eigenvalue weighted by molar-refractivity contribution is 7.89. The second kappa shape index (κ2) is 11.2. The first-order valence-electron chi connectivity index (χ1n) is 12.6. The molecule has 3 atom stereocenters. The lowest BCUT2D eigenvalue weighted by Gasteiger charge is -2.34. The number of morpholine rings is 1. The summed E-state index contributed by atoms with van der Waals surface area (Å²) >= 11 is 0. The van der Waals surface area contributed by atoms with Gasteiger partial charge in [-0.1, -0.05) is 36.8 Å². The van der Waals surface area contributed by atoms with Crippen molar-refractivity contribution in [1.29, 1.82) is 0 Å². The topological polar surface area (TPSA) is 79.0 Å². The van der Waals surface area contributed by atoms with Crippen LogP contribution in [0.1, 0.15) is 61.5 Å². The predicted molar refractivity (Wildman–Crippen MR) is 137 cm³/mol. The maximum Gasteiger partial charge on any atom is 0.251 e. The third-order valence-corrected chi connectivity index (χ3v) is 8.82. The van der Waals surface area contributed by atoms with Crippen LogP contribution in [0.3, 0.4) is 0 Å². The number of hydrogen-bond acceptors (Lipinski definition) is 5. The Kier molecular flexibility index (Phi) is 8.27. The molecule has 2 aliphatic heterocycles. The molecule has 1 N–H and O–H groups in total. The molecule has 1 amide bonds. The largest absolute Gasteiger partial charge is 0.373 e. The number of ether oxygens (including phenoxy) is 1. The summed E-state index contributed by atoms with van der Waals surface area (Å²) in [4.78, 5) is 15.6. The summed E-state index contributed by atoms with van der Waals surface area (Å²) in [6.45, 7) is 8.99. The Hall–Kier alpha value is -2.26. The highest BCUT2D eigenvalue weighted by atomic mass is 32.2. The Labute approximate surface area is 209 Å². The molecule has 8 heteroatoms. The summed E-state index contributed by atoms with van der Waals surface area (Å²) in [7, 11) is -3.71. The van der Waals surface area contributed by atoms with Gasteiger partial charge in [-0.25, -0.2) is 8.42 Å². The monoisotopic (exact) mass is 499 g/mol. The van der Waals surface area contributed by atoms with Crippen LogP contribution in [0.25, 0.3) is 0 Å². The summed E-state index contributed by atoms with van der Waals surface area (Å²) in [6.07, 6.45) is 3.39. The van der Waals surface area contributed by atoms with Crippen LogP contribution < -0.4 is 5.32 Å². The molecule has 0 unspecified atom stereocenters. The molecule has 0 radical (unpaired) electrons. The molecule has 0 aliphatic carbocycles. The zero-order valence-electron chi connectivity index (χ0n) is 20.9. The second-order valence-electron chi connectivity index (χ2n) is 9.87. The van der Waals surface area contributed by atoms with Crippen molar-refractivity contribution in [2.24, 2.45) is 0 Å². The molecule has 2 aromatic carbocycles. The third-order valence-electron chi connectivity index (χ3n) is 6.99. The summed E-state index contributed by atoms with van der Waals surface area (Å²) in [6, 6.07) is 15.1. The molecule has 0 aromatic heterocycles. The molecule has 2 fully saturated rings. The van der Waals surface area contributed by atoms with Gasteiger partial charge in [0.1, 0.15) is 0 Å². The first-order chi connectivity index (χ1) is 16.7. The summed E-state index contributed by atoms with van der Waals surface area (Å²) < 4.78 is 33.6. The molecule has 2 heterocycles. The molecule has 4 rings (SSSR count). The van der Waals surface area contributed by atoms with E-state index in [-0.39, 0.29) is 23.0 Å². The van der Waals surface area contributed by atoms with Crippen molar-refractivity contribution >= 4 is 15.9 Å². The molecule has 7 nitrogen and oxygen atoms in total.